The van der Waals surface area contributed by atoms with Gasteiger partial charge >= 0.3 is 0 Å². The van der Waals surface area contributed by atoms with Gasteiger partial charge in [0.1, 0.15) is 11.5 Å². The zero-order valence-electron chi connectivity index (χ0n) is 14.7. The van der Waals surface area contributed by atoms with E-state index in [1.165, 1.54) is 0 Å². The van der Waals surface area contributed by atoms with Crippen LogP contribution in [-0.2, 0) is 4.79 Å². The molecule has 136 valence electrons. The zero-order chi connectivity index (χ0) is 18.7. The Hall–Kier alpha value is -3.05. The monoisotopic (exact) mass is 376 g/mol. The van der Waals surface area contributed by atoms with Crippen molar-refractivity contribution in [2.24, 2.45) is 5.10 Å². The van der Waals surface area contributed by atoms with Crippen molar-refractivity contribution in [1.29, 1.82) is 0 Å². The summed E-state index contributed by atoms with van der Waals surface area (Å²) in [6.45, 7) is 0. The van der Waals surface area contributed by atoms with Gasteiger partial charge < -0.3 is 4.74 Å². The fourth-order valence-corrected chi connectivity index (χ4v) is 3.17. The molecule has 0 atom stereocenters. The van der Waals surface area contributed by atoms with Crippen molar-refractivity contribution in [1.82, 2.24) is 5.43 Å². The molecule has 0 aliphatic rings. The third-order valence-corrected chi connectivity index (χ3v) is 4.59. The van der Waals surface area contributed by atoms with Gasteiger partial charge in [-0.2, -0.15) is 5.10 Å². The number of amides is 1. The lowest BCUT2D eigenvalue weighted by atomic mass is 10.2. The van der Waals surface area contributed by atoms with Crippen molar-refractivity contribution in [3.05, 3.63) is 90.5 Å². The number of ether oxygens (including phenoxy) is 1. The van der Waals surface area contributed by atoms with Crippen LogP contribution in [0.25, 0.3) is 0 Å². The molecular weight excluding hydrogens is 356 g/mol. The van der Waals surface area contributed by atoms with Crippen LogP contribution in [0.5, 0.6) is 11.5 Å². The number of hydrogen-bond donors (Lipinski definition) is 1. The molecule has 0 aromatic heterocycles. The molecule has 0 heterocycles. The van der Waals surface area contributed by atoms with Gasteiger partial charge in [0, 0.05) is 17.1 Å². The Balaban J connectivity index is 1.45. The van der Waals surface area contributed by atoms with Gasteiger partial charge in [-0.05, 0) is 42.0 Å². The first-order valence-corrected chi connectivity index (χ1v) is 9.61. The van der Waals surface area contributed by atoms with Crippen molar-refractivity contribution >= 4 is 23.9 Å². The highest BCUT2D eigenvalue weighted by atomic mass is 32.2. The van der Waals surface area contributed by atoms with Crippen LogP contribution in [0.2, 0.25) is 0 Å². The van der Waals surface area contributed by atoms with E-state index >= 15 is 0 Å². The minimum absolute atomic E-state index is 0.105. The predicted octanol–water partition coefficient (Wildman–Crippen LogP) is 5.11. The molecule has 1 amide bonds. The Morgan fingerprint density at radius 2 is 1.63 bits per heavy atom. The second-order valence-electron chi connectivity index (χ2n) is 5.69. The number of carbonyl (C=O) groups excluding carboxylic acids is 1. The topological polar surface area (TPSA) is 50.7 Å². The maximum atomic E-state index is 11.9. The Bertz CT molecular complexity index is 883. The molecule has 3 aromatic rings. The molecule has 4 nitrogen and oxygen atoms in total. The third-order valence-electron chi connectivity index (χ3n) is 3.58. The Labute approximate surface area is 163 Å². The lowest BCUT2D eigenvalue weighted by Crippen LogP contribution is -2.17. The molecule has 3 rings (SSSR count). The Morgan fingerprint density at radius 3 is 2.41 bits per heavy atom. The van der Waals surface area contributed by atoms with Crippen molar-refractivity contribution in [2.75, 3.05) is 5.75 Å². The van der Waals surface area contributed by atoms with Crippen LogP contribution in [0.15, 0.2) is 94.9 Å². The summed E-state index contributed by atoms with van der Waals surface area (Å²) in [5.41, 5.74) is 3.41. The second kappa shape index (κ2) is 10.2. The van der Waals surface area contributed by atoms with Gasteiger partial charge in [0.05, 0.1) is 6.21 Å². The van der Waals surface area contributed by atoms with Crippen LogP contribution in [0.4, 0.5) is 0 Å². The molecule has 5 heteroatoms. The number of rotatable bonds is 8. The maximum Gasteiger partial charge on any atom is 0.240 e. The molecule has 0 saturated carbocycles. The van der Waals surface area contributed by atoms with Gasteiger partial charge in [-0.25, -0.2) is 5.43 Å². The number of thioether (sulfide) groups is 1. The molecule has 27 heavy (non-hydrogen) atoms. The van der Waals surface area contributed by atoms with Gasteiger partial charge in [0.15, 0.2) is 0 Å². The first kappa shape index (κ1) is 18.7. The zero-order valence-corrected chi connectivity index (χ0v) is 15.6. The number of hydrazone groups is 1. The fraction of sp³-hybridized carbons (Fsp3) is 0.0909. The summed E-state index contributed by atoms with van der Waals surface area (Å²) in [6.07, 6.45) is 2.02. The fourth-order valence-electron chi connectivity index (χ4n) is 2.30. The van der Waals surface area contributed by atoms with Gasteiger partial charge in [0.25, 0.3) is 0 Å². The molecular formula is C22H20N2O2S. The summed E-state index contributed by atoms with van der Waals surface area (Å²) in [4.78, 5) is 13.0. The number of benzene rings is 3. The molecule has 1 N–H and O–H groups in total. The summed E-state index contributed by atoms with van der Waals surface area (Å²) >= 11 is 1.65. The molecule has 0 bridgehead atoms. The first-order valence-electron chi connectivity index (χ1n) is 8.62. The largest absolute Gasteiger partial charge is 0.457 e. The summed E-state index contributed by atoms with van der Waals surface area (Å²) in [6, 6.07) is 27.1. The minimum Gasteiger partial charge on any atom is -0.457 e. The van der Waals surface area contributed by atoms with E-state index in [1.807, 2.05) is 84.9 Å². The molecule has 0 aliphatic carbocycles. The number of carbonyl (C=O) groups is 1. The lowest BCUT2D eigenvalue weighted by Gasteiger charge is -2.05. The van der Waals surface area contributed by atoms with E-state index in [1.54, 1.807) is 18.0 Å². The van der Waals surface area contributed by atoms with Crippen LogP contribution < -0.4 is 10.2 Å². The van der Waals surface area contributed by atoms with E-state index in [0.717, 1.165) is 22.0 Å². The first-order chi connectivity index (χ1) is 13.3. The minimum atomic E-state index is -0.105. The predicted molar refractivity (Wildman–Crippen MR) is 110 cm³/mol. The second-order valence-corrected chi connectivity index (χ2v) is 6.86. The van der Waals surface area contributed by atoms with Crippen molar-refractivity contribution in [3.8, 4) is 11.5 Å². The van der Waals surface area contributed by atoms with E-state index in [0.29, 0.717) is 12.2 Å². The highest BCUT2D eigenvalue weighted by molar-refractivity contribution is 7.99. The normalized spacial score (nSPS) is 10.7. The molecule has 0 fully saturated rings. The van der Waals surface area contributed by atoms with Gasteiger partial charge in [-0.15, -0.1) is 11.8 Å². The molecule has 0 radical (unpaired) electrons. The van der Waals surface area contributed by atoms with E-state index in [-0.39, 0.29) is 5.91 Å². The van der Waals surface area contributed by atoms with Crippen molar-refractivity contribution in [2.45, 2.75) is 11.3 Å². The highest BCUT2D eigenvalue weighted by Gasteiger charge is 2.01. The smallest absolute Gasteiger partial charge is 0.240 e. The summed E-state index contributed by atoms with van der Waals surface area (Å²) < 4.78 is 5.79. The average molecular weight is 376 g/mol. The maximum absolute atomic E-state index is 11.9. The molecule has 0 unspecified atom stereocenters. The van der Waals surface area contributed by atoms with Crippen LogP contribution >= 0.6 is 11.8 Å². The molecule has 0 spiro atoms. The number of nitrogens with zero attached hydrogens (tertiary/aromatic N) is 1. The summed E-state index contributed by atoms with van der Waals surface area (Å²) in [5.74, 6) is 2.10. The van der Waals surface area contributed by atoms with Crippen LogP contribution in [0, 0.1) is 0 Å². The van der Waals surface area contributed by atoms with Gasteiger partial charge in [-0.3, -0.25) is 4.79 Å². The molecule has 3 aromatic carbocycles. The van der Waals surface area contributed by atoms with Crippen LogP contribution in [0.1, 0.15) is 12.0 Å². The SMILES string of the molecule is O=C(CCSc1ccccc1)N/N=C\c1cccc(Oc2ccccc2)c1. The van der Waals surface area contributed by atoms with Crippen LogP contribution in [-0.4, -0.2) is 17.9 Å². The number of nitrogens with one attached hydrogen (secondary N) is 1. The average Bonchev–Trinajstić information content (AvgIpc) is 2.70. The third kappa shape index (κ3) is 6.64. The lowest BCUT2D eigenvalue weighted by molar-refractivity contribution is -0.120. The van der Waals surface area contributed by atoms with E-state index in [4.69, 9.17) is 4.74 Å². The Morgan fingerprint density at radius 1 is 0.926 bits per heavy atom. The Kier molecular flexibility index (Phi) is 7.07. The van der Waals surface area contributed by atoms with Gasteiger partial charge in [-0.1, -0.05) is 48.5 Å². The molecule has 0 aliphatic heterocycles. The number of hydrogen-bond acceptors (Lipinski definition) is 4. The quantitative estimate of drug-likeness (QED) is 0.338. The molecule has 0 saturated heterocycles. The van der Waals surface area contributed by atoms with E-state index in [2.05, 4.69) is 10.5 Å². The summed E-state index contributed by atoms with van der Waals surface area (Å²) in [7, 11) is 0. The highest BCUT2D eigenvalue weighted by Crippen LogP contribution is 2.21. The van der Waals surface area contributed by atoms with Gasteiger partial charge in [0.2, 0.25) is 5.91 Å². The standard InChI is InChI=1S/C22H20N2O2S/c25-22(14-15-27-21-12-5-2-6-13-21)24-23-17-18-8-7-11-20(16-18)26-19-9-3-1-4-10-19/h1-13,16-17H,14-15H2,(H,24,25)/b23-17-. The summed E-state index contributed by atoms with van der Waals surface area (Å²) in [5, 5.41) is 4.03. The van der Waals surface area contributed by atoms with Crippen molar-refractivity contribution in [3.63, 3.8) is 0 Å². The van der Waals surface area contributed by atoms with E-state index in [9.17, 15) is 4.79 Å². The van der Waals surface area contributed by atoms with Crippen LogP contribution in [0.3, 0.4) is 0 Å². The number of para-hydroxylation sites is 1. The van der Waals surface area contributed by atoms with Crippen molar-refractivity contribution < 1.29 is 9.53 Å². The van der Waals surface area contributed by atoms with E-state index < -0.39 is 0 Å².